The van der Waals surface area contributed by atoms with Gasteiger partial charge in [-0.2, -0.15) is 0 Å². The van der Waals surface area contributed by atoms with Gasteiger partial charge in [0, 0.05) is 6.92 Å². The van der Waals surface area contributed by atoms with Gasteiger partial charge in [-0.25, -0.2) is 4.79 Å². The van der Waals surface area contributed by atoms with Crippen LogP contribution in [0.1, 0.15) is 25.5 Å². The molecule has 0 aliphatic rings. The fourth-order valence-electron chi connectivity index (χ4n) is 1.57. The number of carbonyl (C=O) groups excluding carboxylic acids is 2. The average Bonchev–Trinajstić information content (AvgIpc) is 2.35. The van der Waals surface area contributed by atoms with E-state index in [1.807, 2.05) is 0 Å². The molecule has 0 aliphatic heterocycles. The van der Waals surface area contributed by atoms with Crippen molar-refractivity contribution in [2.75, 3.05) is 0 Å². The number of rotatable bonds is 5. The van der Waals surface area contributed by atoms with Crippen LogP contribution in [0.4, 0.5) is 0 Å². The minimum atomic E-state index is -1.16. The third-order valence-corrected chi connectivity index (χ3v) is 2.48. The van der Waals surface area contributed by atoms with Gasteiger partial charge in [0.05, 0.1) is 0 Å². The highest BCUT2D eigenvalue weighted by Gasteiger charge is 2.24. The van der Waals surface area contributed by atoms with Crippen LogP contribution in [0.2, 0.25) is 0 Å². The molecule has 0 saturated heterocycles. The first kappa shape index (κ1) is 14.7. The highest BCUT2D eigenvalue weighted by molar-refractivity contribution is 5.90. The molecule has 0 bridgehead atoms. The molecule has 0 fully saturated rings. The number of benzene rings is 1. The molecule has 1 aromatic rings. The standard InChI is InChI=1S/C13H16N2O4/c1-8(14-9(2)16)12(17)15-11(13(18)19)10-6-4-3-5-7-10/h3-8,11H,1-2H3,(H,14,16)(H,15,17)(H,18,19). The summed E-state index contributed by atoms with van der Waals surface area (Å²) in [4.78, 5) is 33.8. The van der Waals surface area contributed by atoms with E-state index in [0.717, 1.165) is 0 Å². The van der Waals surface area contributed by atoms with E-state index in [1.54, 1.807) is 30.3 Å². The van der Waals surface area contributed by atoms with Crippen LogP contribution in [0.25, 0.3) is 0 Å². The molecule has 102 valence electrons. The number of hydrogen-bond acceptors (Lipinski definition) is 3. The van der Waals surface area contributed by atoms with Crippen molar-refractivity contribution < 1.29 is 19.5 Å². The second-order valence-electron chi connectivity index (χ2n) is 4.11. The average molecular weight is 264 g/mol. The maximum absolute atomic E-state index is 11.8. The molecule has 6 nitrogen and oxygen atoms in total. The summed E-state index contributed by atoms with van der Waals surface area (Å²) in [5.74, 6) is -2.06. The fourth-order valence-corrected chi connectivity index (χ4v) is 1.57. The molecule has 0 saturated carbocycles. The van der Waals surface area contributed by atoms with Crippen molar-refractivity contribution in [2.24, 2.45) is 0 Å². The number of hydrogen-bond donors (Lipinski definition) is 3. The van der Waals surface area contributed by atoms with Crippen LogP contribution in [-0.4, -0.2) is 28.9 Å². The van der Waals surface area contributed by atoms with Crippen molar-refractivity contribution in [1.29, 1.82) is 0 Å². The lowest BCUT2D eigenvalue weighted by Crippen LogP contribution is -2.46. The van der Waals surface area contributed by atoms with Crippen LogP contribution < -0.4 is 10.6 Å². The van der Waals surface area contributed by atoms with Gasteiger partial charge in [0.1, 0.15) is 6.04 Å². The predicted molar refractivity (Wildman–Crippen MR) is 68.2 cm³/mol. The van der Waals surface area contributed by atoms with E-state index in [0.29, 0.717) is 5.56 Å². The molecule has 1 rings (SSSR count). The first-order chi connectivity index (χ1) is 8.91. The summed E-state index contributed by atoms with van der Waals surface area (Å²) in [6, 6.07) is 6.44. The van der Waals surface area contributed by atoms with Gasteiger partial charge in [-0.05, 0) is 12.5 Å². The summed E-state index contributed by atoms with van der Waals surface area (Å²) in [6.45, 7) is 2.77. The lowest BCUT2D eigenvalue weighted by Gasteiger charge is -2.18. The number of aliphatic carboxylic acids is 1. The molecule has 0 aromatic heterocycles. The summed E-state index contributed by atoms with van der Waals surface area (Å²) in [5, 5.41) is 13.9. The van der Waals surface area contributed by atoms with Crippen LogP contribution in [0.15, 0.2) is 30.3 Å². The zero-order chi connectivity index (χ0) is 14.4. The minimum absolute atomic E-state index is 0.353. The zero-order valence-electron chi connectivity index (χ0n) is 10.7. The van der Waals surface area contributed by atoms with Crippen LogP contribution in [0.3, 0.4) is 0 Å². The quantitative estimate of drug-likeness (QED) is 0.719. The molecule has 6 heteroatoms. The molecule has 2 amide bonds. The monoisotopic (exact) mass is 264 g/mol. The number of carboxylic acids is 1. The topological polar surface area (TPSA) is 95.5 Å². The Balaban J connectivity index is 2.78. The lowest BCUT2D eigenvalue weighted by atomic mass is 10.1. The maximum Gasteiger partial charge on any atom is 0.330 e. The molecular formula is C13H16N2O4. The van der Waals surface area contributed by atoms with E-state index in [-0.39, 0.29) is 5.91 Å². The molecular weight excluding hydrogens is 248 g/mol. The van der Waals surface area contributed by atoms with Crippen LogP contribution in [0.5, 0.6) is 0 Å². The summed E-state index contributed by atoms with van der Waals surface area (Å²) >= 11 is 0. The van der Waals surface area contributed by atoms with Crippen LogP contribution in [0, 0.1) is 0 Å². The van der Waals surface area contributed by atoms with Crippen molar-refractivity contribution in [3.05, 3.63) is 35.9 Å². The molecule has 0 heterocycles. The molecule has 2 atom stereocenters. The highest BCUT2D eigenvalue weighted by atomic mass is 16.4. The van der Waals surface area contributed by atoms with Gasteiger partial charge in [0.2, 0.25) is 11.8 Å². The van der Waals surface area contributed by atoms with Crippen molar-refractivity contribution >= 4 is 17.8 Å². The van der Waals surface area contributed by atoms with E-state index >= 15 is 0 Å². The van der Waals surface area contributed by atoms with Crippen molar-refractivity contribution in [3.8, 4) is 0 Å². The maximum atomic E-state index is 11.8. The number of amides is 2. The SMILES string of the molecule is CC(=O)NC(C)C(=O)NC(C(=O)O)c1ccccc1. The van der Waals surface area contributed by atoms with E-state index < -0.39 is 24.0 Å². The fraction of sp³-hybridized carbons (Fsp3) is 0.308. The Morgan fingerprint density at radius 2 is 1.68 bits per heavy atom. The first-order valence-corrected chi connectivity index (χ1v) is 5.77. The Morgan fingerprint density at radius 1 is 1.11 bits per heavy atom. The Morgan fingerprint density at radius 3 is 2.16 bits per heavy atom. The molecule has 0 radical (unpaired) electrons. The van der Waals surface area contributed by atoms with Crippen molar-refractivity contribution in [3.63, 3.8) is 0 Å². The second-order valence-corrected chi connectivity index (χ2v) is 4.11. The summed E-state index contributed by atoms with van der Waals surface area (Å²) < 4.78 is 0. The molecule has 3 N–H and O–H groups in total. The molecule has 0 aliphatic carbocycles. The predicted octanol–water partition coefficient (Wildman–Crippen LogP) is 0.453. The van der Waals surface area contributed by atoms with Gasteiger partial charge in [0.25, 0.3) is 0 Å². The van der Waals surface area contributed by atoms with Crippen LogP contribution >= 0.6 is 0 Å². The first-order valence-electron chi connectivity index (χ1n) is 5.77. The summed E-state index contributed by atoms with van der Waals surface area (Å²) in [5.41, 5.74) is 0.471. The zero-order valence-corrected chi connectivity index (χ0v) is 10.7. The molecule has 0 spiro atoms. The van der Waals surface area contributed by atoms with Crippen molar-refractivity contribution in [1.82, 2.24) is 10.6 Å². The highest BCUT2D eigenvalue weighted by Crippen LogP contribution is 2.12. The lowest BCUT2D eigenvalue weighted by molar-refractivity contribution is -0.142. The van der Waals surface area contributed by atoms with Gasteiger partial charge in [-0.15, -0.1) is 0 Å². The van der Waals surface area contributed by atoms with E-state index in [2.05, 4.69) is 10.6 Å². The molecule has 2 unspecified atom stereocenters. The number of nitrogens with one attached hydrogen (secondary N) is 2. The Hall–Kier alpha value is -2.37. The Labute approximate surface area is 110 Å². The van der Waals surface area contributed by atoms with E-state index in [4.69, 9.17) is 5.11 Å². The van der Waals surface area contributed by atoms with Gasteiger partial charge in [-0.3, -0.25) is 9.59 Å². The third kappa shape index (κ3) is 4.42. The second kappa shape index (κ2) is 6.53. The largest absolute Gasteiger partial charge is 0.479 e. The number of carbonyl (C=O) groups is 3. The van der Waals surface area contributed by atoms with Gasteiger partial charge in [0.15, 0.2) is 6.04 Å². The Kier molecular flexibility index (Phi) is 5.05. The van der Waals surface area contributed by atoms with Gasteiger partial charge < -0.3 is 15.7 Å². The summed E-state index contributed by atoms with van der Waals surface area (Å²) in [6.07, 6.45) is 0. The third-order valence-electron chi connectivity index (χ3n) is 2.48. The van der Waals surface area contributed by atoms with Gasteiger partial charge in [-0.1, -0.05) is 30.3 Å². The Bertz CT molecular complexity index is 473. The van der Waals surface area contributed by atoms with Crippen molar-refractivity contribution in [2.45, 2.75) is 25.9 Å². The molecule has 1 aromatic carbocycles. The molecule has 19 heavy (non-hydrogen) atoms. The smallest absolute Gasteiger partial charge is 0.330 e. The van der Waals surface area contributed by atoms with E-state index in [9.17, 15) is 14.4 Å². The summed E-state index contributed by atoms with van der Waals surface area (Å²) in [7, 11) is 0. The normalized spacial score (nSPS) is 13.2. The van der Waals surface area contributed by atoms with E-state index in [1.165, 1.54) is 13.8 Å². The minimum Gasteiger partial charge on any atom is -0.479 e. The van der Waals surface area contributed by atoms with Gasteiger partial charge >= 0.3 is 5.97 Å². The van der Waals surface area contributed by atoms with Crippen LogP contribution in [-0.2, 0) is 14.4 Å². The number of carboxylic acid groups (broad SMARTS) is 1.